The van der Waals surface area contributed by atoms with Crippen LogP contribution in [0, 0.1) is 5.92 Å². The summed E-state index contributed by atoms with van der Waals surface area (Å²) in [6.07, 6.45) is 2.40. The molecule has 0 radical (unpaired) electrons. The number of nitrogen functional groups attached to an aromatic ring is 1. The van der Waals surface area contributed by atoms with Crippen LogP contribution in [0.3, 0.4) is 0 Å². The van der Waals surface area contributed by atoms with Crippen molar-refractivity contribution in [1.82, 2.24) is 15.2 Å². The third kappa shape index (κ3) is 5.18. The van der Waals surface area contributed by atoms with E-state index in [2.05, 4.69) is 10.3 Å². The van der Waals surface area contributed by atoms with Crippen molar-refractivity contribution >= 4 is 41.0 Å². The number of β-lactam (4-membered cyclic amide) rings is 1. The van der Waals surface area contributed by atoms with Gasteiger partial charge in [0.05, 0.1) is 12.0 Å². The standard InChI is InChI=1S/C27H28ClN5O3/c1-3-22(18-8-7-9-19(28)16-18)31-27(36)33-24(26(35)32(2)20-10-5-4-6-11-20)21(25(33)34)14-17-12-13-30-23(29)15-17/h4-13,15-16,21-22,24H,3,14H2,1-2H3,(H2,29,30)(H,31,36)/t21?,22-,24+/m1/s1. The highest BCUT2D eigenvalue weighted by Gasteiger charge is 2.55. The summed E-state index contributed by atoms with van der Waals surface area (Å²) in [5.41, 5.74) is 8.06. The van der Waals surface area contributed by atoms with E-state index >= 15 is 0 Å². The summed E-state index contributed by atoms with van der Waals surface area (Å²) in [5.74, 6) is -1.14. The maximum Gasteiger partial charge on any atom is 0.325 e. The van der Waals surface area contributed by atoms with E-state index in [0.29, 0.717) is 22.9 Å². The number of pyridine rings is 1. The van der Waals surface area contributed by atoms with Gasteiger partial charge < -0.3 is 16.0 Å². The number of nitrogens with one attached hydrogen (secondary N) is 1. The molecule has 3 N–H and O–H groups in total. The molecule has 4 amide bonds. The lowest BCUT2D eigenvalue weighted by atomic mass is 9.81. The molecule has 9 heteroatoms. The summed E-state index contributed by atoms with van der Waals surface area (Å²) in [5, 5.41) is 3.46. The zero-order valence-electron chi connectivity index (χ0n) is 20.1. The molecule has 2 heterocycles. The van der Waals surface area contributed by atoms with E-state index in [1.807, 2.05) is 31.2 Å². The van der Waals surface area contributed by atoms with Crippen molar-refractivity contribution in [2.45, 2.75) is 31.8 Å². The number of aromatic nitrogens is 1. The Morgan fingerprint density at radius 3 is 2.56 bits per heavy atom. The average molecular weight is 506 g/mol. The molecule has 1 fully saturated rings. The Morgan fingerprint density at radius 1 is 1.14 bits per heavy atom. The van der Waals surface area contributed by atoms with Crippen molar-refractivity contribution in [3.05, 3.63) is 89.1 Å². The van der Waals surface area contributed by atoms with Crippen LogP contribution in [0.4, 0.5) is 16.3 Å². The molecular formula is C27H28ClN5O3. The Hall–Kier alpha value is -3.91. The van der Waals surface area contributed by atoms with Crippen molar-refractivity contribution < 1.29 is 14.4 Å². The molecule has 0 bridgehead atoms. The fourth-order valence-electron chi connectivity index (χ4n) is 4.47. The molecule has 4 rings (SSSR count). The molecule has 186 valence electrons. The Kier molecular flexibility index (Phi) is 7.55. The first-order valence-electron chi connectivity index (χ1n) is 11.7. The van der Waals surface area contributed by atoms with Gasteiger partial charge in [0.1, 0.15) is 11.9 Å². The van der Waals surface area contributed by atoms with E-state index in [1.165, 1.54) is 4.90 Å². The normalized spacial score (nSPS) is 17.8. The van der Waals surface area contributed by atoms with Crippen LogP contribution in [-0.2, 0) is 16.0 Å². The molecule has 3 aromatic rings. The summed E-state index contributed by atoms with van der Waals surface area (Å²) >= 11 is 6.13. The number of nitrogens with two attached hydrogens (primary N) is 1. The lowest BCUT2D eigenvalue weighted by Gasteiger charge is -2.46. The smallest absolute Gasteiger partial charge is 0.325 e. The number of likely N-dealkylation sites (N-methyl/N-ethyl adjacent to an activating group) is 1. The van der Waals surface area contributed by atoms with Crippen LogP contribution in [-0.4, -0.2) is 40.8 Å². The van der Waals surface area contributed by atoms with Crippen LogP contribution in [0.15, 0.2) is 72.9 Å². The van der Waals surface area contributed by atoms with Gasteiger partial charge in [-0.25, -0.2) is 9.78 Å². The van der Waals surface area contributed by atoms with Gasteiger partial charge in [0.15, 0.2) is 0 Å². The summed E-state index contributed by atoms with van der Waals surface area (Å²) in [6, 6.07) is 17.8. The number of benzene rings is 2. The molecule has 2 aromatic carbocycles. The number of likely N-dealkylation sites (tertiary alicyclic amines) is 1. The van der Waals surface area contributed by atoms with Crippen LogP contribution in [0.5, 0.6) is 0 Å². The number of halogens is 1. The molecule has 8 nitrogen and oxygen atoms in total. The Morgan fingerprint density at radius 2 is 1.89 bits per heavy atom. The first kappa shape index (κ1) is 25.2. The van der Waals surface area contributed by atoms with Crippen molar-refractivity contribution in [2.24, 2.45) is 5.92 Å². The summed E-state index contributed by atoms with van der Waals surface area (Å²) in [4.78, 5) is 46.7. The van der Waals surface area contributed by atoms with Crippen molar-refractivity contribution in [2.75, 3.05) is 17.7 Å². The second-order valence-electron chi connectivity index (χ2n) is 8.75. The average Bonchev–Trinajstić information content (AvgIpc) is 2.88. The largest absolute Gasteiger partial charge is 0.384 e. The summed E-state index contributed by atoms with van der Waals surface area (Å²) in [6.45, 7) is 1.92. The monoisotopic (exact) mass is 505 g/mol. The van der Waals surface area contributed by atoms with Gasteiger partial charge in [-0.2, -0.15) is 0 Å². The number of nitrogens with zero attached hydrogens (tertiary/aromatic N) is 3. The number of imide groups is 1. The summed E-state index contributed by atoms with van der Waals surface area (Å²) < 4.78 is 0. The van der Waals surface area contributed by atoms with Gasteiger partial charge >= 0.3 is 6.03 Å². The number of urea groups is 1. The van der Waals surface area contributed by atoms with E-state index in [0.717, 1.165) is 16.0 Å². The molecule has 0 saturated carbocycles. The Labute approximate surface area is 215 Å². The van der Waals surface area contributed by atoms with Gasteiger partial charge in [-0.05, 0) is 60.4 Å². The van der Waals surface area contributed by atoms with Crippen LogP contribution in [0.1, 0.15) is 30.5 Å². The lowest BCUT2D eigenvalue weighted by molar-refractivity contribution is -0.156. The van der Waals surface area contributed by atoms with E-state index in [4.69, 9.17) is 17.3 Å². The molecule has 36 heavy (non-hydrogen) atoms. The molecule has 1 unspecified atom stereocenters. The van der Waals surface area contributed by atoms with Gasteiger partial charge in [-0.1, -0.05) is 48.9 Å². The first-order chi connectivity index (χ1) is 17.3. The fraction of sp³-hybridized carbons (Fsp3) is 0.259. The van der Waals surface area contributed by atoms with Gasteiger partial charge in [-0.3, -0.25) is 14.5 Å². The van der Waals surface area contributed by atoms with E-state index in [1.54, 1.807) is 55.7 Å². The second-order valence-corrected chi connectivity index (χ2v) is 9.19. The van der Waals surface area contributed by atoms with Crippen LogP contribution < -0.4 is 16.0 Å². The number of carbonyl (C=O) groups excluding carboxylic acids is 3. The maximum atomic E-state index is 13.6. The third-order valence-electron chi connectivity index (χ3n) is 6.42. The number of anilines is 2. The van der Waals surface area contributed by atoms with Crippen molar-refractivity contribution in [3.63, 3.8) is 0 Å². The number of amides is 4. The zero-order chi connectivity index (χ0) is 25.8. The number of para-hydroxylation sites is 1. The topological polar surface area (TPSA) is 109 Å². The molecular weight excluding hydrogens is 478 g/mol. The highest BCUT2D eigenvalue weighted by molar-refractivity contribution is 6.30. The SMILES string of the molecule is CC[C@@H](NC(=O)N1C(=O)C(Cc2ccnc(N)c2)[C@H]1C(=O)N(C)c1ccccc1)c1cccc(Cl)c1. The zero-order valence-corrected chi connectivity index (χ0v) is 20.9. The molecule has 0 aliphatic carbocycles. The second kappa shape index (κ2) is 10.8. The minimum absolute atomic E-state index is 0.264. The van der Waals surface area contributed by atoms with Gasteiger partial charge in [0.25, 0.3) is 5.91 Å². The van der Waals surface area contributed by atoms with Gasteiger partial charge in [0, 0.05) is 24.0 Å². The predicted molar refractivity (Wildman–Crippen MR) is 139 cm³/mol. The Bertz CT molecular complexity index is 1270. The molecule has 3 atom stereocenters. The van der Waals surface area contributed by atoms with Crippen LogP contribution in [0.25, 0.3) is 0 Å². The molecule has 0 spiro atoms. The van der Waals surface area contributed by atoms with Crippen molar-refractivity contribution in [3.8, 4) is 0 Å². The predicted octanol–water partition coefficient (Wildman–Crippen LogP) is 4.21. The number of carbonyl (C=O) groups is 3. The minimum atomic E-state index is -0.964. The first-order valence-corrected chi connectivity index (χ1v) is 12.1. The number of rotatable bonds is 7. The highest BCUT2D eigenvalue weighted by Crippen LogP contribution is 2.33. The van der Waals surface area contributed by atoms with Crippen LogP contribution in [0.2, 0.25) is 5.02 Å². The summed E-state index contributed by atoms with van der Waals surface area (Å²) in [7, 11) is 1.64. The maximum absolute atomic E-state index is 13.6. The Balaban J connectivity index is 1.60. The highest BCUT2D eigenvalue weighted by atomic mass is 35.5. The van der Waals surface area contributed by atoms with E-state index < -0.39 is 23.9 Å². The van der Waals surface area contributed by atoms with E-state index in [-0.39, 0.29) is 18.4 Å². The molecule has 1 saturated heterocycles. The fourth-order valence-corrected chi connectivity index (χ4v) is 4.67. The number of hydrogen-bond donors (Lipinski definition) is 2. The molecule has 1 aromatic heterocycles. The van der Waals surface area contributed by atoms with Gasteiger partial charge in [-0.15, -0.1) is 0 Å². The minimum Gasteiger partial charge on any atom is -0.384 e. The van der Waals surface area contributed by atoms with Gasteiger partial charge in [0.2, 0.25) is 5.91 Å². The molecule has 1 aliphatic heterocycles. The molecule has 1 aliphatic rings. The number of hydrogen-bond acceptors (Lipinski definition) is 5. The quantitative estimate of drug-likeness (QED) is 0.467. The van der Waals surface area contributed by atoms with Crippen molar-refractivity contribution in [1.29, 1.82) is 0 Å². The lowest BCUT2D eigenvalue weighted by Crippen LogP contribution is -2.70. The third-order valence-corrected chi connectivity index (χ3v) is 6.65. The van der Waals surface area contributed by atoms with Crippen LogP contribution >= 0.6 is 11.6 Å². The van der Waals surface area contributed by atoms with E-state index in [9.17, 15) is 14.4 Å².